The highest BCUT2D eigenvalue weighted by atomic mass is 32.1. The highest BCUT2D eigenvalue weighted by Crippen LogP contribution is 2.37. The van der Waals surface area contributed by atoms with Gasteiger partial charge < -0.3 is 19.2 Å². The van der Waals surface area contributed by atoms with E-state index in [1.165, 1.54) is 11.3 Å². The standard InChI is InChI=1S/C21H18N2O5S/c1-3-26-21(25)19-16(17-9-4-13(2)28-17)12-29-20(19)23-18(24)11-27-15-7-5-14(10-22)6-8-15/h4-9,12H,3,11H2,1-2H3,(H,23,24). The van der Waals surface area contributed by atoms with Crippen molar-refractivity contribution in [1.29, 1.82) is 5.26 Å². The summed E-state index contributed by atoms with van der Waals surface area (Å²) < 4.78 is 16.2. The average molecular weight is 410 g/mol. The molecular formula is C21H18N2O5S. The smallest absolute Gasteiger partial charge is 0.341 e. The second-order valence-electron chi connectivity index (χ2n) is 5.96. The molecule has 0 saturated heterocycles. The van der Waals surface area contributed by atoms with Crippen molar-refractivity contribution in [3.8, 4) is 23.1 Å². The second-order valence-corrected chi connectivity index (χ2v) is 6.84. The van der Waals surface area contributed by atoms with Crippen LogP contribution < -0.4 is 10.1 Å². The minimum atomic E-state index is -0.541. The largest absolute Gasteiger partial charge is 0.484 e. The molecule has 0 bridgehead atoms. The number of nitrogens with zero attached hydrogens (tertiary/aromatic N) is 1. The van der Waals surface area contributed by atoms with Gasteiger partial charge >= 0.3 is 5.97 Å². The number of ether oxygens (including phenoxy) is 2. The van der Waals surface area contributed by atoms with E-state index in [-0.39, 0.29) is 18.8 Å². The molecule has 0 aliphatic rings. The Labute approximate surface area is 171 Å². The molecule has 1 amide bonds. The molecule has 0 radical (unpaired) electrons. The molecule has 0 fully saturated rings. The molecular weight excluding hydrogens is 392 g/mol. The van der Waals surface area contributed by atoms with Crippen LogP contribution >= 0.6 is 11.3 Å². The Bertz CT molecular complexity index is 1060. The number of carbonyl (C=O) groups excluding carboxylic acids is 2. The van der Waals surface area contributed by atoms with E-state index in [2.05, 4.69) is 5.32 Å². The number of hydrogen-bond acceptors (Lipinski definition) is 7. The third kappa shape index (κ3) is 4.83. The molecule has 8 heteroatoms. The fourth-order valence-corrected chi connectivity index (χ4v) is 3.51. The molecule has 29 heavy (non-hydrogen) atoms. The van der Waals surface area contributed by atoms with Crippen LogP contribution in [0.5, 0.6) is 5.75 Å². The third-order valence-electron chi connectivity index (χ3n) is 3.88. The Morgan fingerprint density at radius 2 is 1.97 bits per heavy atom. The Morgan fingerprint density at radius 1 is 1.21 bits per heavy atom. The highest BCUT2D eigenvalue weighted by Gasteiger charge is 2.24. The molecule has 1 aromatic carbocycles. The summed E-state index contributed by atoms with van der Waals surface area (Å²) in [6.45, 7) is 3.48. The zero-order chi connectivity index (χ0) is 20.8. The van der Waals surface area contributed by atoms with Crippen molar-refractivity contribution in [2.45, 2.75) is 13.8 Å². The first-order valence-electron chi connectivity index (χ1n) is 8.80. The molecule has 3 aromatic rings. The zero-order valence-corrected chi connectivity index (χ0v) is 16.7. The van der Waals surface area contributed by atoms with Gasteiger partial charge in [0.25, 0.3) is 5.91 Å². The number of rotatable bonds is 7. The monoisotopic (exact) mass is 410 g/mol. The molecule has 0 atom stereocenters. The number of furan rings is 1. The Kier molecular flexibility index (Phi) is 6.32. The number of esters is 1. The SMILES string of the molecule is CCOC(=O)c1c(-c2ccc(C)o2)csc1NC(=O)COc1ccc(C#N)cc1. The van der Waals surface area contributed by atoms with Crippen LogP contribution in [0.15, 0.2) is 46.2 Å². The van der Waals surface area contributed by atoms with Crippen LogP contribution in [0.4, 0.5) is 5.00 Å². The summed E-state index contributed by atoms with van der Waals surface area (Å²) in [6.07, 6.45) is 0. The van der Waals surface area contributed by atoms with Crippen molar-refractivity contribution >= 4 is 28.2 Å². The topological polar surface area (TPSA) is 102 Å². The van der Waals surface area contributed by atoms with Crippen LogP contribution in [0.2, 0.25) is 0 Å². The number of benzene rings is 1. The van der Waals surface area contributed by atoms with Gasteiger partial charge in [0.15, 0.2) is 6.61 Å². The van der Waals surface area contributed by atoms with Gasteiger partial charge in [-0.3, -0.25) is 4.79 Å². The Balaban J connectivity index is 1.75. The molecule has 0 saturated carbocycles. The lowest BCUT2D eigenvalue weighted by Crippen LogP contribution is -2.21. The summed E-state index contributed by atoms with van der Waals surface area (Å²) in [6, 6.07) is 12.0. The van der Waals surface area contributed by atoms with Crippen molar-refractivity contribution in [3.63, 3.8) is 0 Å². The molecule has 0 aliphatic carbocycles. The first kappa shape index (κ1) is 20.2. The molecule has 148 valence electrons. The van der Waals surface area contributed by atoms with Gasteiger partial charge in [0.05, 0.1) is 18.2 Å². The maximum absolute atomic E-state index is 12.5. The van der Waals surface area contributed by atoms with Crippen molar-refractivity contribution in [2.75, 3.05) is 18.5 Å². The maximum Gasteiger partial charge on any atom is 0.341 e. The number of amides is 1. The molecule has 0 aliphatic heterocycles. The van der Waals surface area contributed by atoms with Crippen LogP contribution in [0.1, 0.15) is 28.6 Å². The summed E-state index contributed by atoms with van der Waals surface area (Å²) in [5, 5.41) is 13.6. The summed E-state index contributed by atoms with van der Waals surface area (Å²) in [5.41, 5.74) is 1.31. The second kappa shape index (κ2) is 9.08. The van der Waals surface area contributed by atoms with Crippen LogP contribution in [0.25, 0.3) is 11.3 Å². The maximum atomic E-state index is 12.5. The first-order chi connectivity index (χ1) is 14.0. The number of nitriles is 1. The number of thiophene rings is 1. The number of anilines is 1. The predicted octanol–water partition coefficient (Wildman–Crippen LogP) is 4.38. The molecule has 1 N–H and O–H groups in total. The van der Waals surface area contributed by atoms with E-state index in [9.17, 15) is 9.59 Å². The van der Waals surface area contributed by atoms with Crippen LogP contribution in [-0.2, 0) is 9.53 Å². The van der Waals surface area contributed by atoms with Gasteiger partial charge in [0.2, 0.25) is 0 Å². The molecule has 3 rings (SSSR count). The van der Waals surface area contributed by atoms with Gasteiger partial charge in [-0.25, -0.2) is 4.79 Å². The van der Waals surface area contributed by atoms with Crippen molar-refractivity contribution in [1.82, 2.24) is 0 Å². The lowest BCUT2D eigenvalue weighted by Gasteiger charge is -2.09. The quantitative estimate of drug-likeness (QED) is 0.580. The molecule has 0 spiro atoms. The Hall–Kier alpha value is -3.57. The minimum absolute atomic E-state index is 0.209. The highest BCUT2D eigenvalue weighted by molar-refractivity contribution is 7.15. The third-order valence-corrected chi connectivity index (χ3v) is 4.78. The van der Waals surface area contributed by atoms with E-state index in [4.69, 9.17) is 19.2 Å². The number of nitrogens with one attached hydrogen (secondary N) is 1. The van der Waals surface area contributed by atoms with Crippen molar-refractivity contribution < 1.29 is 23.5 Å². The van der Waals surface area contributed by atoms with E-state index < -0.39 is 11.9 Å². The summed E-state index contributed by atoms with van der Waals surface area (Å²) >= 11 is 1.21. The molecule has 2 aromatic heterocycles. The molecule has 0 unspecified atom stereocenters. The van der Waals surface area contributed by atoms with E-state index in [0.717, 1.165) is 0 Å². The lowest BCUT2D eigenvalue weighted by molar-refractivity contribution is -0.118. The lowest BCUT2D eigenvalue weighted by atomic mass is 10.1. The predicted molar refractivity (Wildman–Crippen MR) is 108 cm³/mol. The normalized spacial score (nSPS) is 10.2. The van der Waals surface area contributed by atoms with Crippen LogP contribution in [0, 0.1) is 18.3 Å². The van der Waals surface area contributed by atoms with Gasteiger partial charge in [-0.1, -0.05) is 0 Å². The number of aryl methyl sites for hydroxylation is 1. The van der Waals surface area contributed by atoms with Gasteiger partial charge in [-0.2, -0.15) is 5.26 Å². The summed E-state index contributed by atoms with van der Waals surface area (Å²) in [5.74, 6) is 0.728. The molecule has 7 nitrogen and oxygen atoms in total. The Morgan fingerprint density at radius 3 is 2.59 bits per heavy atom. The fourth-order valence-electron chi connectivity index (χ4n) is 2.55. The van der Waals surface area contributed by atoms with E-state index in [0.29, 0.717) is 33.4 Å². The van der Waals surface area contributed by atoms with Crippen LogP contribution in [0.3, 0.4) is 0 Å². The van der Waals surface area contributed by atoms with Crippen LogP contribution in [-0.4, -0.2) is 25.1 Å². The van der Waals surface area contributed by atoms with Gasteiger partial charge in [0, 0.05) is 10.9 Å². The van der Waals surface area contributed by atoms with Crippen molar-refractivity contribution in [2.24, 2.45) is 0 Å². The van der Waals surface area contributed by atoms with Gasteiger partial charge in [-0.15, -0.1) is 11.3 Å². The van der Waals surface area contributed by atoms with E-state index in [1.807, 2.05) is 13.0 Å². The fraction of sp³-hybridized carbons (Fsp3) is 0.190. The number of carbonyl (C=O) groups is 2. The van der Waals surface area contributed by atoms with Gasteiger partial charge in [0.1, 0.15) is 27.8 Å². The average Bonchev–Trinajstić information content (AvgIpc) is 3.33. The van der Waals surface area contributed by atoms with Gasteiger partial charge in [-0.05, 0) is 50.2 Å². The van der Waals surface area contributed by atoms with E-state index in [1.54, 1.807) is 48.7 Å². The first-order valence-corrected chi connectivity index (χ1v) is 9.68. The molecule has 2 heterocycles. The number of hydrogen-bond donors (Lipinski definition) is 1. The zero-order valence-electron chi connectivity index (χ0n) is 15.9. The van der Waals surface area contributed by atoms with Crippen molar-refractivity contribution in [3.05, 3.63) is 58.7 Å². The summed E-state index contributed by atoms with van der Waals surface area (Å²) in [7, 11) is 0. The minimum Gasteiger partial charge on any atom is -0.484 e. The summed E-state index contributed by atoms with van der Waals surface area (Å²) in [4.78, 5) is 24.8. The van der Waals surface area contributed by atoms with E-state index >= 15 is 0 Å².